The monoisotopic (exact) mass is 245 g/mol. The van der Waals surface area contributed by atoms with Crippen molar-refractivity contribution in [1.82, 2.24) is 0 Å². The van der Waals surface area contributed by atoms with Gasteiger partial charge in [0.2, 0.25) is 0 Å². The van der Waals surface area contributed by atoms with Crippen LogP contribution in [0.5, 0.6) is 5.75 Å². The summed E-state index contributed by atoms with van der Waals surface area (Å²) in [5.41, 5.74) is 0.779. The van der Waals surface area contributed by atoms with Gasteiger partial charge in [-0.3, -0.25) is 0 Å². The Labute approximate surface area is 99.8 Å². The molecule has 90 valence electrons. The van der Waals surface area contributed by atoms with Gasteiger partial charge < -0.3 is 20.3 Å². The van der Waals surface area contributed by atoms with Crippen molar-refractivity contribution >= 4 is 17.3 Å². The normalized spacial score (nSPS) is 12.2. The van der Waals surface area contributed by atoms with Crippen molar-refractivity contribution in [1.29, 1.82) is 0 Å². The van der Waals surface area contributed by atoms with Gasteiger partial charge in [0.15, 0.2) is 0 Å². The molecule has 1 atom stereocenters. The lowest BCUT2D eigenvalue weighted by molar-refractivity contribution is 0.105. The van der Waals surface area contributed by atoms with E-state index in [1.165, 1.54) is 0 Å². The quantitative estimate of drug-likeness (QED) is 0.711. The van der Waals surface area contributed by atoms with Gasteiger partial charge in [-0.2, -0.15) is 0 Å². The van der Waals surface area contributed by atoms with Crippen LogP contribution in [0.15, 0.2) is 18.2 Å². The molecule has 0 aliphatic carbocycles. The highest BCUT2D eigenvalue weighted by Gasteiger charge is 2.04. The van der Waals surface area contributed by atoms with Crippen LogP contribution >= 0.6 is 11.6 Å². The van der Waals surface area contributed by atoms with E-state index in [2.05, 4.69) is 5.32 Å². The Bertz CT molecular complexity index is 333. The second-order valence-electron chi connectivity index (χ2n) is 3.30. The minimum absolute atomic E-state index is 0.266. The van der Waals surface area contributed by atoms with Crippen LogP contribution < -0.4 is 10.1 Å². The molecule has 1 rings (SSSR count). The Kier molecular flexibility index (Phi) is 5.38. The summed E-state index contributed by atoms with van der Waals surface area (Å²) in [6.07, 6.45) is -0.773. The zero-order valence-electron chi connectivity index (χ0n) is 9.11. The average Bonchev–Trinajstić information content (AvgIpc) is 2.29. The highest BCUT2D eigenvalue weighted by Crippen LogP contribution is 2.27. The zero-order chi connectivity index (χ0) is 12.0. The predicted molar refractivity (Wildman–Crippen MR) is 64.2 cm³/mol. The number of benzene rings is 1. The molecule has 4 nitrogen and oxygen atoms in total. The van der Waals surface area contributed by atoms with Crippen molar-refractivity contribution in [2.24, 2.45) is 0 Å². The van der Waals surface area contributed by atoms with Crippen LogP contribution in [0.2, 0.25) is 5.02 Å². The number of aliphatic hydroxyl groups is 2. The Morgan fingerprint density at radius 2 is 2.25 bits per heavy atom. The summed E-state index contributed by atoms with van der Waals surface area (Å²) in [7, 11) is 0. The molecule has 5 heteroatoms. The van der Waals surface area contributed by atoms with E-state index in [0.717, 1.165) is 5.69 Å². The van der Waals surface area contributed by atoms with Crippen molar-refractivity contribution in [3.05, 3.63) is 23.2 Å². The first-order valence-electron chi connectivity index (χ1n) is 5.12. The molecule has 0 aromatic heterocycles. The number of rotatable bonds is 6. The molecule has 0 spiro atoms. The first-order valence-corrected chi connectivity index (χ1v) is 5.50. The number of aliphatic hydroxyl groups excluding tert-OH is 2. The number of hydrogen-bond acceptors (Lipinski definition) is 4. The van der Waals surface area contributed by atoms with Crippen molar-refractivity contribution in [2.75, 3.05) is 25.1 Å². The summed E-state index contributed by atoms with van der Waals surface area (Å²) in [5.74, 6) is 0.637. The predicted octanol–water partition coefficient (Wildman–Crippen LogP) is 1.50. The van der Waals surface area contributed by atoms with Crippen LogP contribution in [0.1, 0.15) is 6.92 Å². The van der Waals surface area contributed by atoms with E-state index in [4.69, 9.17) is 26.6 Å². The summed E-state index contributed by atoms with van der Waals surface area (Å²) in [5, 5.41) is 21.3. The summed E-state index contributed by atoms with van der Waals surface area (Å²) >= 11 is 5.98. The number of halogens is 1. The molecule has 0 radical (unpaired) electrons. The van der Waals surface area contributed by atoms with Gasteiger partial charge in [-0.25, -0.2) is 0 Å². The molecule has 1 unspecified atom stereocenters. The van der Waals surface area contributed by atoms with Gasteiger partial charge in [0.1, 0.15) is 5.75 Å². The fourth-order valence-corrected chi connectivity index (χ4v) is 1.42. The molecule has 0 saturated heterocycles. The van der Waals surface area contributed by atoms with E-state index in [9.17, 15) is 0 Å². The fourth-order valence-electron chi connectivity index (χ4n) is 1.18. The van der Waals surface area contributed by atoms with Crippen LogP contribution in [0.3, 0.4) is 0 Å². The van der Waals surface area contributed by atoms with Crippen LogP contribution in [0.4, 0.5) is 5.69 Å². The number of ether oxygens (including phenoxy) is 1. The van der Waals surface area contributed by atoms with Crippen molar-refractivity contribution in [3.8, 4) is 5.75 Å². The zero-order valence-corrected chi connectivity index (χ0v) is 9.87. The van der Waals surface area contributed by atoms with Crippen LogP contribution in [0, 0.1) is 0 Å². The summed E-state index contributed by atoms with van der Waals surface area (Å²) < 4.78 is 5.29. The smallest absolute Gasteiger partial charge is 0.138 e. The molecule has 3 N–H and O–H groups in total. The van der Waals surface area contributed by atoms with Crippen molar-refractivity contribution in [3.63, 3.8) is 0 Å². The van der Waals surface area contributed by atoms with E-state index in [-0.39, 0.29) is 13.2 Å². The molecule has 0 bridgehead atoms. The first kappa shape index (κ1) is 13.1. The highest BCUT2D eigenvalue weighted by atomic mass is 35.5. The standard InChI is InChI=1S/C11H16ClNO3/c1-2-16-11-4-3-8(5-10(11)12)13-6-9(15)7-14/h3-5,9,13-15H,2,6-7H2,1H3. The van der Waals surface area contributed by atoms with E-state index in [1.54, 1.807) is 18.2 Å². The number of anilines is 1. The van der Waals surface area contributed by atoms with Crippen LogP contribution in [-0.2, 0) is 0 Å². The Hall–Kier alpha value is -0.970. The largest absolute Gasteiger partial charge is 0.492 e. The maximum Gasteiger partial charge on any atom is 0.138 e. The molecule has 1 aromatic rings. The lowest BCUT2D eigenvalue weighted by Gasteiger charge is -2.12. The van der Waals surface area contributed by atoms with Crippen LogP contribution in [-0.4, -0.2) is 36.1 Å². The maximum absolute atomic E-state index is 9.16. The van der Waals surface area contributed by atoms with Gasteiger partial charge in [-0.1, -0.05) is 11.6 Å². The van der Waals surface area contributed by atoms with E-state index in [0.29, 0.717) is 17.4 Å². The van der Waals surface area contributed by atoms with E-state index < -0.39 is 6.10 Å². The second-order valence-corrected chi connectivity index (χ2v) is 3.70. The van der Waals surface area contributed by atoms with Gasteiger partial charge >= 0.3 is 0 Å². The minimum atomic E-state index is -0.773. The Morgan fingerprint density at radius 3 is 2.81 bits per heavy atom. The van der Waals surface area contributed by atoms with E-state index >= 15 is 0 Å². The molecule has 0 fully saturated rings. The van der Waals surface area contributed by atoms with Gasteiger partial charge in [-0.15, -0.1) is 0 Å². The second kappa shape index (κ2) is 6.58. The molecule has 0 aliphatic rings. The first-order chi connectivity index (χ1) is 7.67. The summed E-state index contributed by atoms with van der Waals surface area (Å²) in [6, 6.07) is 5.29. The van der Waals surface area contributed by atoms with Crippen LogP contribution in [0.25, 0.3) is 0 Å². The summed E-state index contributed by atoms with van der Waals surface area (Å²) in [6.45, 7) is 2.47. The maximum atomic E-state index is 9.16. The van der Waals surface area contributed by atoms with Gasteiger partial charge in [0.25, 0.3) is 0 Å². The molecule has 0 heterocycles. The third kappa shape index (κ3) is 3.89. The highest BCUT2D eigenvalue weighted by molar-refractivity contribution is 6.32. The lowest BCUT2D eigenvalue weighted by atomic mass is 10.3. The molecular weight excluding hydrogens is 230 g/mol. The average molecular weight is 246 g/mol. The molecule has 0 amide bonds. The molecule has 1 aromatic carbocycles. The SMILES string of the molecule is CCOc1ccc(NCC(O)CO)cc1Cl. The van der Waals surface area contributed by atoms with Crippen molar-refractivity contribution < 1.29 is 14.9 Å². The Morgan fingerprint density at radius 1 is 1.50 bits per heavy atom. The van der Waals surface area contributed by atoms with E-state index in [1.807, 2.05) is 6.92 Å². The molecule has 0 aliphatic heterocycles. The third-order valence-corrected chi connectivity index (χ3v) is 2.28. The summed E-state index contributed by atoms with van der Waals surface area (Å²) in [4.78, 5) is 0. The number of nitrogens with one attached hydrogen (secondary N) is 1. The van der Waals surface area contributed by atoms with Gasteiger partial charge in [0, 0.05) is 12.2 Å². The lowest BCUT2D eigenvalue weighted by Crippen LogP contribution is -2.22. The van der Waals surface area contributed by atoms with Crippen molar-refractivity contribution in [2.45, 2.75) is 13.0 Å². The molecular formula is C11H16ClNO3. The molecule has 0 saturated carbocycles. The third-order valence-electron chi connectivity index (χ3n) is 1.98. The Balaban J connectivity index is 2.59. The fraction of sp³-hybridized carbons (Fsp3) is 0.455. The number of hydrogen-bond donors (Lipinski definition) is 3. The van der Waals surface area contributed by atoms with Gasteiger partial charge in [0.05, 0.1) is 24.3 Å². The van der Waals surface area contributed by atoms with Gasteiger partial charge in [-0.05, 0) is 25.1 Å². The minimum Gasteiger partial charge on any atom is -0.492 e. The molecule has 16 heavy (non-hydrogen) atoms. The topological polar surface area (TPSA) is 61.7 Å².